The van der Waals surface area contributed by atoms with Crippen molar-refractivity contribution in [1.29, 1.82) is 0 Å². The van der Waals surface area contributed by atoms with Gasteiger partial charge in [-0.25, -0.2) is 4.39 Å². The Hall–Kier alpha value is -4.00. The molecule has 2 atom stereocenters. The van der Waals surface area contributed by atoms with Crippen LogP contribution in [0.5, 0.6) is 0 Å². The molecule has 0 aliphatic rings. The summed E-state index contributed by atoms with van der Waals surface area (Å²) in [5.74, 6) is -0.886. The first-order chi connectivity index (χ1) is 16.9. The second kappa shape index (κ2) is 10.5. The summed E-state index contributed by atoms with van der Waals surface area (Å²) in [4.78, 5) is 24.1. The Morgan fingerprint density at radius 1 is 1.09 bits per heavy atom. The molecule has 1 N–H and O–H groups in total. The molecule has 0 spiro atoms. The van der Waals surface area contributed by atoms with Crippen LogP contribution in [0.25, 0.3) is 10.9 Å². The monoisotopic (exact) mass is 473 g/mol. The molecule has 4 aromatic rings. The number of nitrogens with one attached hydrogen (secondary N) is 1. The van der Waals surface area contributed by atoms with Crippen LogP contribution < -0.4 is 5.32 Å². The summed E-state index contributed by atoms with van der Waals surface area (Å²) < 4.78 is 15.8. The molecular weight excluding hydrogens is 445 g/mol. The number of non-ortho nitro benzene ring substituents is 1. The molecule has 0 fully saturated rings. The molecule has 180 valence electrons. The Morgan fingerprint density at radius 2 is 1.80 bits per heavy atom. The second-order valence-corrected chi connectivity index (χ2v) is 8.84. The van der Waals surface area contributed by atoms with Crippen LogP contribution in [0, 0.1) is 15.9 Å². The van der Waals surface area contributed by atoms with Gasteiger partial charge in [0.15, 0.2) is 0 Å². The second-order valence-electron chi connectivity index (χ2n) is 8.84. The molecule has 4 rings (SSSR count). The molecule has 1 heterocycles. The van der Waals surface area contributed by atoms with Crippen molar-refractivity contribution in [1.82, 2.24) is 9.88 Å². The van der Waals surface area contributed by atoms with E-state index in [1.165, 1.54) is 18.2 Å². The number of amides is 1. The van der Waals surface area contributed by atoms with E-state index in [2.05, 4.69) is 5.32 Å². The highest BCUT2D eigenvalue weighted by Crippen LogP contribution is 2.37. The lowest BCUT2D eigenvalue weighted by atomic mass is 9.87. The zero-order valence-electron chi connectivity index (χ0n) is 19.8. The highest BCUT2D eigenvalue weighted by molar-refractivity contribution is 5.88. The summed E-state index contributed by atoms with van der Waals surface area (Å²) in [6.45, 7) is 4.52. The predicted octanol–water partition coefficient (Wildman–Crippen LogP) is 6.17. The van der Waals surface area contributed by atoms with Gasteiger partial charge in [-0.15, -0.1) is 0 Å². The Bertz CT molecular complexity index is 1330. The Kier molecular flexibility index (Phi) is 7.25. The van der Waals surface area contributed by atoms with Crippen LogP contribution >= 0.6 is 0 Å². The van der Waals surface area contributed by atoms with Crippen LogP contribution in [0.2, 0.25) is 0 Å². The topological polar surface area (TPSA) is 77.2 Å². The zero-order chi connectivity index (χ0) is 24.9. The lowest BCUT2D eigenvalue weighted by Crippen LogP contribution is -2.33. The van der Waals surface area contributed by atoms with E-state index in [0.717, 1.165) is 28.6 Å². The number of fused-ring (bicyclic) bond motifs is 1. The van der Waals surface area contributed by atoms with Crippen LogP contribution in [0.3, 0.4) is 0 Å². The molecule has 0 unspecified atom stereocenters. The minimum Gasteiger partial charge on any atom is -0.354 e. The number of carbonyl (C=O) groups is 1. The lowest BCUT2D eigenvalue weighted by Gasteiger charge is -2.19. The molecule has 0 radical (unpaired) electrons. The van der Waals surface area contributed by atoms with Gasteiger partial charge in [-0.2, -0.15) is 0 Å². The third-order valence-corrected chi connectivity index (χ3v) is 6.36. The maximum Gasteiger partial charge on any atom is 0.270 e. The molecule has 35 heavy (non-hydrogen) atoms. The minimum absolute atomic E-state index is 0.0156. The van der Waals surface area contributed by atoms with E-state index in [1.54, 1.807) is 24.3 Å². The highest BCUT2D eigenvalue weighted by Gasteiger charge is 2.25. The molecule has 0 saturated heterocycles. The van der Waals surface area contributed by atoms with Crippen LogP contribution in [-0.2, 0) is 11.3 Å². The third kappa shape index (κ3) is 5.57. The molecule has 0 aliphatic heterocycles. The first-order valence-corrected chi connectivity index (χ1v) is 11.7. The van der Waals surface area contributed by atoms with Gasteiger partial charge in [-0.1, -0.05) is 49.4 Å². The number of hydrogen-bond donors (Lipinski definition) is 1. The number of halogens is 1. The van der Waals surface area contributed by atoms with E-state index in [1.807, 2.05) is 54.9 Å². The SMILES string of the molecule is CC[C@H](C)NC(=O)C[C@@H](c1ccc(F)cc1)c1cn(Cc2ccccc2)c2ccc([N+](=O)[O-])cc12. The summed E-state index contributed by atoms with van der Waals surface area (Å²) in [6.07, 6.45) is 2.91. The number of nitro groups is 1. The predicted molar refractivity (Wildman–Crippen MR) is 135 cm³/mol. The summed E-state index contributed by atoms with van der Waals surface area (Å²) in [6, 6.07) is 20.9. The van der Waals surface area contributed by atoms with Crippen molar-refractivity contribution in [2.75, 3.05) is 0 Å². The quantitative estimate of drug-likeness (QED) is 0.233. The first-order valence-electron chi connectivity index (χ1n) is 11.7. The largest absolute Gasteiger partial charge is 0.354 e. The van der Waals surface area contributed by atoms with Crippen molar-refractivity contribution in [3.8, 4) is 0 Å². The van der Waals surface area contributed by atoms with Crippen molar-refractivity contribution in [3.63, 3.8) is 0 Å². The smallest absolute Gasteiger partial charge is 0.270 e. The zero-order valence-corrected chi connectivity index (χ0v) is 19.8. The number of nitro benzene ring substituents is 1. The first kappa shape index (κ1) is 24.1. The fourth-order valence-electron chi connectivity index (χ4n) is 4.34. The highest BCUT2D eigenvalue weighted by atomic mass is 19.1. The van der Waals surface area contributed by atoms with E-state index >= 15 is 0 Å². The molecule has 6 nitrogen and oxygen atoms in total. The van der Waals surface area contributed by atoms with Crippen molar-refractivity contribution in [2.45, 2.75) is 45.2 Å². The van der Waals surface area contributed by atoms with Gasteiger partial charge in [0.25, 0.3) is 5.69 Å². The summed E-state index contributed by atoms with van der Waals surface area (Å²) in [5, 5.41) is 15.3. The number of nitrogens with zero attached hydrogens (tertiary/aromatic N) is 2. The Labute approximate surface area is 203 Å². The van der Waals surface area contributed by atoms with E-state index in [4.69, 9.17) is 0 Å². The minimum atomic E-state index is -0.416. The fraction of sp³-hybridized carbons (Fsp3) is 0.250. The fourth-order valence-corrected chi connectivity index (χ4v) is 4.34. The van der Waals surface area contributed by atoms with Gasteiger partial charge in [0.2, 0.25) is 5.91 Å². The maximum atomic E-state index is 13.7. The van der Waals surface area contributed by atoms with Crippen molar-refractivity contribution >= 4 is 22.5 Å². The molecule has 0 aliphatic carbocycles. The van der Waals surface area contributed by atoms with E-state index in [0.29, 0.717) is 11.9 Å². The van der Waals surface area contributed by atoms with Crippen LogP contribution in [0.1, 0.15) is 49.3 Å². The summed E-state index contributed by atoms with van der Waals surface area (Å²) in [7, 11) is 0. The molecule has 3 aromatic carbocycles. The van der Waals surface area contributed by atoms with Gasteiger partial charge in [0.05, 0.1) is 4.92 Å². The van der Waals surface area contributed by atoms with Gasteiger partial charge in [-0.3, -0.25) is 14.9 Å². The van der Waals surface area contributed by atoms with E-state index in [-0.39, 0.29) is 29.9 Å². The molecular formula is C28H28FN3O3. The molecule has 0 saturated carbocycles. The summed E-state index contributed by atoms with van der Waals surface area (Å²) in [5.41, 5.74) is 3.48. The lowest BCUT2D eigenvalue weighted by molar-refractivity contribution is -0.384. The number of aromatic nitrogens is 1. The van der Waals surface area contributed by atoms with Gasteiger partial charge >= 0.3 is 0 Å². The molecule has 7 heteroatoms. The third-order valence-electron chi connectivity index (χ3n) is 6.36. The number of hydrogen-bond acceptors (Lipinski definition) is 3. The number of benzene rings is 3. The number of rotatable bonds is 9. The van der Waals surface area contributed by atoms with Crippen molar-refractivity contribution in [3.05, 3.63) is 112 Å². The molecule has 1 aromatic heterocycles. The van der Waals surface area contributed by atoms with Gasteiger partial charge in [0, 0.05) is 54.2 Å². The Morgan fingerprint density at radius 3 is 2.46 bits per heavy atom. The molecule has 1 amide bonds. The van der Waals surface area contributed by atoms with Gasteiger partial charge < -0.3 is 9.88 Å². The normalized spacial score (nSPS) is 12.9. The van der Waals surface area contributed by atoms with Crippen molar-refractivity contribution in [2.24, 2.45) is 0 Å². The van der Waals surface area contributed by atoms with Crippen LogP contribution in [0.15, 0.2) is 79.0 Å². The molecule has 0 bridgehead atoms. The van der Waals surface area contributed by atoms with Crippen LogP contribution in [-0.4, -0.2) is 21.4 Å². The van der Waals surface area contributed by atoms with Crippen LogP contribution in [0.4, 0.5) is 10.1 Å². The van der Waals surface area contributed by atoms with E-state index in [9.17, 15) is 19.3 Å². The van der Waals surface area contributed by atoms with Gasteiger partial charge in [-0.05, 0) is 48.2 Å². The van der Waals surface area contributed by atoms with Crippen molar-refractivity contribution < 1.29 is 14.1 Å². The average molecular weight is 474 g/mol. The average Bonchev–Trinajstić information content (AvgIpc) is 3.21. The standard InChI is InChI=1S/C28H28FN3O3/c1-3-19(2)30-28(33)16-24(21-9-11-22(29)12-10-21)26-18-31(17-20-7-5-4-6-8-20)27-14-13-23(32(34)35)15-25(26)27/h4-15,18-19,24H,3,16-17H2,1-2H3,(H,30,33)/t19-,24-/m0/s1. The number of carbonyl (C=O) groups excluding carboxylic acids is 1. The van der Waals surface area contributed by atoms with E-state index < -0.39 is 10.8 Å². The maximum absolute atomic E-state index is 13.7. The van der Waals surface area contributed by atoms with Gasteiger partial charge in [0.1, 0.15) is 5.82 Å². The summed E-state index contributed by atoms with van der Waals surface area (Å²) >= 11 is 0. The Balaban J connectivity index is 1.85.